The van der Waals surface area contributed by atoms with Gasteiger partial charge in [-0.15, -0.1) is 11.3 Å². The molecule has 0 N–H and O–H groups in total. The number of aromatic nitrogens is 5. The summed E-state index contributed by atoms with van der Waals surface area (Å²) in [6, 6.07) is 61.0. The molecule has 3 aromatic heterocycles. The van der Waals surface area contributed by atoms with E-state index in [0.717, 1.165) is 65.3 Å². The van der Waals surface area contributed by atoms with Gasteiger partial charge in [0.2, 0.25) is 0 Å². The van der Waals surface area contributed by atoms with Crippen LogP contribution in [0.25, 0.3) is 93.6 Å². The first-order valence-electron chi connectivity index (χ1n) is 17.2. The van der Waals surface area contributed by atoms with Crippen molar-refractivity contribution >= 4 is 43.4 Å². The number of thiazole rings is 1. The maximum Gasteiger partial charge on any atom is 0.166 e. The van der Waals surface area contributed by atoms with Gasteiger partial charge in [-0.1, -0.05) is 127 Å². The number of rotatable bonds is 6. The Labute approximate surface area is 304 Å². The van der Waals surface area contributed by atoms with Gasteiger partial charge in [0, 0.05) is 33.0 Å². The second-order valence-corrected chi connectivity index (χ2v) is 13.7. The van der Waals surface area contributed by atoms with E-state index in [-0.39, 0.29) is 0 Å². The highest BCUT2D eigenvalue weighted by Crippen LogP contribution is 2.39. The smallest absolute Gasteiger partial charge is 0.166 e. The van der Waals surface area contributed by atoms with Gasteiger partial charge in [0.15, 0.2) is 17.5 Å². The van der Waals surface area contributed by atoms with E-state index in [1.54, 1.807) is 11.3 Å². The third-order valence-electron chi connectivity index (χ3n) is 9.49. The molecular formula is C46H29N5S. The van der Waals surface area contributed by atoms with Crippen molar-refractivity contribution < 1.29 is 0 Å². The number of hydrogen-bond acceptors (Lipinski definition) is 5. The summed E-state index contributed by atoms with van der Waals surface area (Å²) in [5.74, 6) is 1.82. The van der Waals surface area contributed by atoms with Crippen LogP contribution in [-0.4, -0.2) is 24.5 Å². The van der Waals surface area contributed by atoms with Crippen molar-refractivity contribution in [2.24, 2.45) is 0 Å². The van der Waals surface area contributed by atoms with Crippen molar-refractivity contribution in [1.29, 1.82) is 0 Å². The molecule has 0 aliphatic heterocycles. The summed E-state index contributed by atoms with van der Waals surface area (Å²) < 4.78 is 3.49. The Morgan fingerprint density at radius 3 is 1.69 bits per heavy atom. The number of benzene rings is 7. The predicted molar refractivity (Wildman–Crippen MR) is 215 cm³/mol. The van der Waals surface area contributed by atoms with Crippen molar-refractivity contribution in [3.63, 3.8) is 0 Å². The van der Waals surface area contributed by atoms with E-state index in [4.69, 9.17) is 19.9 Å². The van der Waals surface area contributed by atoms with Crippen LogP contribution in [0.3, 0.4) is 0 Å². The Hall–Kier alpha value is -6.76. The van der Waals surface area contributed by atoms with Gasteiger partial charge in [-0.25, -0.2) is 19.9 Å². The van der Waals surface area contributed by atoms with Crippen molar-refractivity contribution in [3.05, 3.63) is 176 Å². The fourth-order valence-electron chi connectivity index (χ4n) is 7.03. The van der Waals surface area contributed by atoms with E-state index in [2.05, 4.69) is 150 Å². The molecule has 0 saturated carbocycles. The van der Waals surface area contributed by atoms with Gasteiger partial charge in [-0.05, 0) is 59.7 Å². The zero-order valence-corrected chi connectivity index (χ0v) is 28.7. The molecule has 10 aromatic rings. The van der Waals surface area contributed by atoms with Crippen LogP contribution >= 0.6 is 11.3 Å². The molecular weight excluding hydrogens is 655 g/mol. The zero-order valence-electron chi connectivity index (χ0n) is 27.9. The lowest BCUT2D eigenvalue weighted by atomic mass is 10.0. The molecule has 0 saturated heterocycles. The minimum atomic E-state index is 0.591. The van der Waals surface area contributed by atoms with Gasteiger partial charge >= 0.3 is 0 Å². The molecule has 0 aliphatic rings. The number of nitrogens with zero attached hydrogens (tertiary/aromatic N) is 5. The van der Waals surface area contributed by atoms with Gasteiger partial charge in [-0.3, -0.25) is 0 Å². The topological polar surface area (TPSA) is 56.5 Å². The first kappa shape index (κ1) is 30.1. The molecule has 5 nitrogen and oxygen atoms in total. The Kier molecular flexibility index (Phi) is 7.25. The summed E-state index contributed by atoms with van der Waals surface area (Å²) in [5.41, 5.74) is 10.2. The fourth-order valence-corrected chi connectivity index (χ4v) is 7.99. The first-order chi connectivity index (χ1) is 25.8. The van der Waals surface area contributed by atoms with Crippen LogP contribution < -0.4 is 0 Å². The lowest BCUT2D eigenvalue weighted by Gasteiger charge is -2.16. The van der Waals surface area contributed by atoms with E-state index in [9.17, 15) is 0 Å². The summed E-state index contributed by atoms with van der Waals surface area (Å²) in [5, 5.41) is 3.33. The Morgan fingerprint density at radius 1 is 0.385 bits per heavy atom. The number of para-hydroxylation sites is 3. The zero-order chi connectivity index (χ0) is 34.4. The van der Waals surface area contributed by atoms with Gasteiger partial charge in [0.25, 0.3) is 0 Å². The summed E-state index contributed by atoms with van der Waals surface area (Å²) in [6.07, 6.45) is 0. The van der Waals surface area contributed by atoms with Crippen molar-refractivity contribution in [3.8, 4) is 61.5 Å². The Balaban J connectivity index is 1.25. The first-order valence-corrected chi connectivity index (χ1v) is 18.0. The predicted octanol–water partition coefficient (Wildman–Crippen LogP) is 11.9. The highest BCUT2D eigenvalue weighted by atomic mass is 32.1. The lowest BCUT2D eigenvalue weighted by molar-refractivity contribution is 1.06. The minimum Gasteiger partial charge on any atom is -0.309 e. The average Bonchev–Trinajstić information content (AvgIpc) is 3.81. The molecule has 0 fully saturated rings. The second-order valence-electron chi connectivity index (χ2n) is 12.7. The molecule has 6 heteroatoms. The molecule has 0 bridgehead atoms. The largest absolute Gasteiger partial charge is 0.309 e. The van der Waals surface area contributed by atoms with Gasteiger partial charge < -0.3 is 4.57 Å². The van der Waals surface area contributed by atoms with E-state index in [1.807, 2.05) is 30.3 Å². The monoisotopic (exact) mass is 683 g/mol. The molecule has 0 aliphatic carbocycles. The molecule has 52 heavy (non-hydrogen) atoms. The van der Waals surface area contributed by atoms with Crippen molar-refractivity contribution in [2.45, 2.75) is 0 Å². The van der Waals surface area contributed by atoms with Gasteiger partial charge in [0.1, 0.15) is 5.01 Å². The van der Waals surface area contributed by atoms with Crippen molar-refractivity contribution in [1.82, 2.24) is 24.5 Å². The second kappa shape index (κ2) is 12.5. The molecule has 0 radical (unpaired) electrons. The van der Waals surface area contributed by atoms with Crippen molar-refractivity contribution in [2.75, 3.05) is 0 Å². The van der Waals surface area contributed by atoms with E-state index >= 15 is 0 Å². The molecule has 244 valence electrons. The van der Waals surface area contributed by atoms with Crippen LogP contribution in [-0.2, 0) is 0 Å². The third kappa shape index (κ3) is 5.25. The molecule has 10 rings (SSSR count). The molecule has 0 unspecified atom stereocenters. The summed E-state index contributed by atoms with van der Waals surface area (Å²) in [6.45, 7) is 0. The van der Waals surface area contributed by atoms with Crippen LogP contribution in [0.15, 0.2) is 176 Å². The quantitative estimate of drug-likeness (QED) is 0.175. The molecule has 0 spiro atoms. The Morgan fingerprint density at radius 2 is 0.962 bits per heavy atom. The number of fused-ring (bicyclic) bond motifs is 4. The molecule has 3 heterocycles. The van der Waals surface area contributed by atoms with Crippen LogP contribution in [0, 0.1) is 0 Å². The molecule has 7 aromatic carbocycles. The van der Waals surface area contributed by atoms with Gasteiger partial charge in [-0.2, -0.15) is 0 Å². The standard InChI is InChI=1S/C46H29N5S/c1-3-14-30(15-4-1)32-18-13-19-33(28-32)44-48-43(31-16-5-2-6-17-31)49-45(50-44)37-29-34(46-47-38-22-9-12-25-42(38)52-46)26-27-41(37)51-39-23-10-7-20-35(39)36-21-8-11-24-40(36)51/h1-29H. The Bertz CT molecular complexity index is 2820. The average molecular weight is 684 g/mol. The SMILES string of the molecule is c1ccc(-c2cccc(-c3nc(-c4ccccc4)nc(-c4cc(-c5nc6ccccc6s5)ccc4-n4c5ccccc5c5ccccc54)n3)c2)cc1. The van der Waals surface area contributed by atoms with E-state index in [0.29, 0.717) is 17.5 Å². The number of hydrogen-bond donors (Lipinski definition) is 0. The van der Waals surface area contributed by atoms with Gasteiger partial charge in [0.05, 0.1) is 26.9 Å². The summed E-state index contributed by atoms with van der Waals surface area (Å²) in [4.78, 5) is 20.7. The normalized spacial score (nSPS) is 11.5. The third-order valence-corrected chi connectivity index (χ3v) is 10.6. The highest BCUT2D eigenvalue weighted by Gasteiger charge is 2.21. The van der Waals surface area contributed by atoms with E-state index in [1.165, 1.54) is 10.8 Å². The maximum absolute atomic E-state index is 5.29. The summed E-state index contributed by atoms with van der Waals surface area (Å²) >= 11 is 1.69. The maximum atomic E-state index is 5.29. The molecule has 0 atom stereocenters. The minimum absolute atomic E-state index is 0.591. The lowest BCUT2D eigenvalue weighted by Crippen LogP contribution is -2.04. The van der Waals surface area contributed by atoms with Crippen LogP contribution in [0.4, 0.5) is 0 Å². The van der Waals surface area contributed by atoms with Crippen LogP contribution in [0.5, 0.6) is 0 Å². The molecule has 0 amide bonds. The van der Waals surface area contributed by atoms with Crippen LogP contribution in [0.2, 0.25) is 0 Å². The fraction of sp³-hybridized carbons (Fsp3) is 0. The summed E-state index contributed by atoms with van der Waals surface area (Å²) in [7, 11) is 0. The van der Waals surface area contributed by atoms with Crippen LogP contribution in [0.1, 0.15) is 0 Å². The highest BCUT2D eigenvalue weighted by molar-refractivity contribution is 7.21. The van der Waals surface area contributed by atoms with E-state index < -0.39 is 0 Å².